The molecule has 0 aliphatic carbocycles. The van der Waals surface area contributed by atoms with Crippen LogP contribution in [-0.2, 0) is 17.8 Å². The Bertz CT molecular complexity index is 1440. The molecule has 204 valence electrons. The summed E-state index contributed by atoms with van der Waals surface area (Å²) in [4.78, 5) is 14.8. The molecule has 1 saturated heterocycles. The van der Waals surface area contributed by atoms with E-state index in [0.717, 1.165) is 60.1 Å². The van der Waals surface area contributed by atoms with Gasteiger partial charge >= 0.3 is 0 Å². The molecule has 39 heavy (non-hydrogen) atoms. The molecule has 3 aromatic carbocycles. The lowest BCUT2D eigenvalue weighted by Crippen LogP contribution is -2.34. The van der Waals surface area contributed by atoms with Gasteiger partial charge in [-0.2, -0.15) is 5.10 Å². The van der Waals surface area contributed by atoms with Crippen molar-refractivity contribution >= 4 is 16.8 Å². The highest BCUT2D eigenvalue weighted by atomic mass is 19.1. The maximum Gasteiger partial charge on any atom is 0.251 e. The van der Waals surface area contributed by atoms with Gasteiger partial charge in [0.15, 0.2) is 0 Å². The number of carbonyl (C=O) groups excluding carboxylic acids is 1. The van der Waals surface area contributed by atoms with Gasteiger partial charge in [-0.3, -0.25) is 14.4 Å². The highest BCUT2D eigenvalue weighted by Crippen LogP contribution is 2.26. The van der Waals surface area contributed by atoms with E-state index >= 15 is 0 Å². The number of methoxy groups -OCH3 is 1. The zero-order chi connectivity index (χ0) is 27.4. The first-order valence-electron chi connectivity index (χ1n) is 13.4. The van der Waals surface area contributed by atoms with Crippen LogP contribution in [0.2, 0.25) is 0 Å². The molecular weight excluding hydrogens is 498 g/mol. The summed E-state index contributed by atoms with van der Waals surface area (Å²) in [6.07, 6.45) is 4.07. The number of nitrogens with one attached hydrogen (secondary N) is 1. The average molecular weight is 533 g/mol. The van der Waals surface area contributed by atoms with Crippen LogP contribution in [0.3, 0.4) is 0 Å². The SMILES string of the molecule is COCCNC(=O)c1ccc2nn(CC3CCN(Cc4ccc(-c5ccc(F)cc5)cc4F)CC3)cc2c1C. The Labute approximate surface area is 227 Å². The van der Waals surface area contributed by atoms with Gasteiger partial charge < -0.3 is 10.1 Å². The van der Waals surface area contributed by atoms with Crippen LogP contribution < -0.4 is 5.32 Å². The number of carbonyl (C=O) groups is 1. The number of halogens is 2. The van der Waals surface area contributed by atoms with E-state index in [1.165, 1.54) is 18.2 Å². The van der Waals surface area contributed by atoms with E-state index < -0.39 is 0 Å². The maximum absolute atomic E-state index is 14.9. The summed E-state index contributed by atoms with van der Waals surface area (Å²) >= 11 is 0. The van der Waals surface area contributed by atoms with E-state index in [0.29, 0.717) is 36.7 Å². The van der Waals surface area contributed by atoms with Crippen molar-refractivity contribution in [2.45, 2.75) is 32.9 Å². The third-order valence-electron chi connectivity index (χ3n) is 7.62. The second-order valence-corrected chi connectivity index (χ2v) is 10.3. The van der Waals surface area contributed by atoms with Crippen LogP contribution >= 0.6 is 0 Å². The number of aromatic nitrogens is 2. The standard InChI is InChI=1S/C31H34F2N4O2/c1-21-27(31(38)34-13-16-39-2)9-10-30-28(21)20-37(35-30)18-22-11-14-36(15-12-22)19-25-4-3-24(17-29(25)33)23-5-7-26(32)8-6-23/h3-10,17,20,22H,11-16,18-19H2,1-2H3,(H,34,38). The number of benzene rings is 3. The number of likely N-dealkylation sites (tertiary alicyclic amines) is 1. The Kier molecular flexibility index (Phi) is 8.33. The van der Waals surface area contributed by atoms with Gasteiger partial charge in [0.1, 0.15) is 11.6 Å². The Morgan fingerprint density at radius 3 is 2.51 bits per heavy atom. The van der Waals surface area contributed by atoms with Gasteiger partial charge in [-0.05, 0) is 85.8 Å². The molecule has 1 aliphatic heterocycles. The number of hydrogen-bond donors (Lipinski definition) is 1. The highest BCUT2D eigenvalue weighted by molar-refractivity contribution is 6.00. The first-order chi connectivity index (χ1) is 18.9. The smallest absolute Gasteiger partial charge is 0.251 e. The number of ether oxygens (including phenoxy) is 1. The van der Waals surface area contributed by atoms with Gasteiger partial charge in [0.05, 0.1) is 12.1 Å². The first-order valence-corrected chi connectivity index (χ1v) is 13.4. The van der Waals surface area contributed by atoms with Gasteiger partial charge in [-0.1, -0.05) is 24.3 Å². The van der Waals surface area contributed by atoms with E-state index in [9.17, 15) is 13.6 Å². The lowest BCUT2D eigenvalue weighted by molar-refractivity contribution is 0.0936. The van der Waals surface area contributed by atoms with E-state index in [4.69, 9.17) is 9.84 Å². The molecule has 1 N–H and O–H groups in total. The third-order valence-corrected chi connectivity index (χ3v) is 7.62. The van der Waals surface area contributed by atoms with Crippen LogP contribution in [-0.4, -0.2) is 53.9 Å². The molecule has 0 unspecified atom stereocenters. The van der Waals surface area contributed by atoms with Gasteiger partial charge in [0.25, 0.3) is 5.91 Å². The predicted molar refractivity (Wildman–Crippen MR) is 148 cm³/mol. The number of amides is 1. The lowest BCUT2D eigenvalue weighted by Gasteiger charge is -2.32. The minimum Gasteiger partial charge on any atom is -0.383 e. The highest BCUT2D eigenvalue weighted by Gasteiger charge is 2.22. The van der Waals surface area contributed by atoms with Crippen LogP contribution in [0.25, 0.3) is 22.0 Å². The molecule has 0 atom stereocenters. The molecular formula is C31H34F2N4O2. The predicted octanol–water partition coefficient (Wildman–Crippen LogP) is 5.58. The number of piperidine rings is 1. The molecule has 5 rings (SSSR count). The Morgan fingerprint density at radius 2 is 1.79 bits per heavy atom. The van der Waals surface area contributed by atoms with Crippen molar-refractivity contribution in [1.29, 1.82) is 0 Å². The van der Waals surface area contributed by atoms with E-state index in [1.54, 1.807) is 19.2 Å². The summed E-state index contributed by atoms with van der Waals surface area (Å²) in [5.74, 6) is -0.154. The van der Waals surface area contributed by atoms with Crippen molar-refractivity contribution in [3.63, 3.8) is 0 Å². The Balaban J connectivity index is 1.16. The molecule has 4 aromatic rings. The molecule has 0 spiro atoms. The molecule has 2 heterocycles. The van der Waals surface area contributed by atoms with Crippen molar-refractivity contribution in [2.24, 2.45) is 5.92 Å². The fraction of sp³-hybridized carbons (Fsp3) is 0.355. The van der Waals surface area contributed by atoms with Gasteiger partial charge in [0.2, 0.25) is 0 Å². The van der Waals surface area contributed by atoms with Crippen LogP contribution in [0.1, 0.15) is 34.3 Å². The van der Waals surface area contributed by atoms with Crippen molar-refractivity contribution in [1.82, 2.24) is 20.0 Å². The zero-order valence-corrected chi connectivity index (χ0v) is 22.4. The summed E-state index contributed by atoms with van der Waals surface area (Å²) in [7, 11) is 1.61. The molecule has 0 saturated carbocycles. The van der Waals surface area contributed by atoms with E-state index in [1.807, 2.05) is 42.1 Å². The largest absolute Gasteiger partial charge is 0.383 e. The maximum atomic E-state index is 14.9. The summed E-state index contributed by atoms with van der Waals surface area (Å²) in [6, 6.07) is 15.1. The minimum atomic E-state index is -0.303. The number of rotatable bonds is 9. The normalized spacial score (nSPS) is 14.7. The van der Waals surface area contributed by atoms with Crippen LogP contribution in [0, 0.1) is 24.5 Å². The quantitative estimate of drug-likeness (QED) is 0.286. The molecule has 8 heteroatoms. The monoisotopic (exact) mass is 532 g/mol. The molecule has 1 amide bonds. The number of fused-ring (bicyclic) bond motifs is 1. The van der Waals surface area contributed by atoms with Crippen LogP contribution in [0.15, 0.2) is 60.8 Å². The second kappa shape index (κ2) is 12.1. The molecule has 6 nitrogen and oxygen atoms in total. The summed E-state index contributed by atoms with van der Waals surface area (Å²) < 4.78 is 35.1. The second-order valence-electron chi connectivity index (χ2n) is 10.3. The molecule has 1 aliphatic rings. The number of hydrogen-bond acceptors (Lipinski definition) is 4. The Hall–Kier alpha value is -3.62. The Morgan fingerprint density at radius 1 is 1.05 bits per heavy atom. The molecule has 0 radical (unpaired) electrons. The van der Waals surface area contributed by atoms with Crippen molar-refractivity contribution in [3.8, 4) is 11.1 Å². The number of aryl methyl sites for hydroxylation is 1. The fourth-order valence-electron chi connectivity index (χ4n) is 5.31. The van der Waals surface area contributed by atoms with Gasteiger partial charge in [0, 0.05) is 49.5 Å². The average Bonchev–Trinajstić information content (AvgIpc) is 3.35. The minimum absolute atomic E-state index is 0.104. The zero-order valence-electron chi connectivity index (χ0n) is 22.4. The van der Waals surface area contributed by atoms with Gasteiger partial charge in [-0.25, -0.2) is 8.78 Å². The fourth-order valence-corrected chi connectivity index (χ4v) is 5.31. The summed E-state index contributed by atoms with van der Waals surface area (Å²) in [6.45, 7) is 6.09. The lowest BCUT2D eigenvalue weighted by atomic mass is 9.96. The summed E-state index contributed by atoms with van der Waals surface area (Å²) in [5, 5.41) is 8.64. The number of nitrogens with zero attached hydrogens (tertiary/aromatic N) is 3. The van der Waals surface area contributed by atoms with E-state index in [2.05, 4.69) is 10.2 Å². The topological polar surface area (TPSA) is 59.4 Å². The first kappa shape index (κ1) is 27.0. The van der Waals surface area contributed by atoms with Crippen molar-refractivity contribution in [3.05, 3.63) is 89.1 Å². The van der Waals surface area contributed by atoms with Crippen LogP contribution in [0.4, 0.5) is 8.78 Å². The van der Waals surface area contributed by atoms with Crippen molar-refractivity contribution < 1.29 is 18.3 Å². The van der Waals surface area contributed by atoms with E-state index in [-0.39, 0.29) is 17.5 Å². The van der Waals surface area contributed by atoms with Gasteiger partial charge in [-0.15, -0.1) is 0 Å². The van der Waals surface area contributed by atoms with Crippen molar-refractivity contribution in [2.75, 3.05) is 33.4 Å². The molecule has 1 fully saturated rings. The third kappa shape index (κ3) is 6.34. The molecule has 1 aromatic heterocycles. The van der Waals surface area contributed by atoms with Crippen LogP contribution in [0.5, 0.6) is 0 Å². The molecule has 0 bridgehead atoms. The summed E-state index contributed by atoms with van der Waals surface area (Å²) in [5.41, 5.74) is 4.69.